The number of nitrogens with zero attached hydrogens (tertiary/aromatic N) is 2. The summed E-state index contributed by atoms with van der Waals surface area (Å²) >= 11 is 0. The number of nitrogen functional groups attached to an aromatic ring is 1. The SMILES string of the molecule is Cc1cc(F)c(-c2cnn(C)c2N)cc1O. The fourth-order valence-corrected chi connectivity index (χ4v) is 1.52. The van der Waals surface area contributed by atoms with Crippen molar-refractivity contribution >= 4 is 5.82 Å². The number of aromatic nitrogens is 2. The zero-order valence-corrected chi connectivity index (χ0v) is 9.03. The molecule has 0 amide bonds. The monoisotopic (exact) mass is 221 g/mol. The smallest absolute Gasteiger partial charge is 0.131 e. The molecule has 5 heteroatoms. The van der Waals surface area contributed by atoms with Gasteiger partial charge in [0, 0.05) is 18.2 Å². The van der Waals surface area contributed by atoms with Crippen LogP contribution in [0.2, 0.25) is 0 Å². The van der Waals surface area contributed by atoms with Gasteiger partial charge >= 0.3 is 0 Å². The van der Waals surface area contributed by atoms with Crippen LogP contribution in [0.15, 0.2) is 18.3 Å². The van der Waals surface area contributed by atoms with Crippen molar-refractivity contribution in [3.05, 3.63) is 29.7 Å². The molecule has 84 valence electrons. The lowest BCUT2D eigenvalue weighted by atomic mass is 10.1. The van der Waals surface area contributed by atoms with Crippen molar-refractivity contribution in [2.45, 2.75) is 6.92 Å². The summed E-state index contributed by atoms with van der Waals surface area (Å²) in [7, 11) is 1.67. The Bertz CT molecular complexity index is 548. The topological polar surface area (TPSA) is 64.1 Å². The van der Waals surface area contributed by atoms with Crippen molar-refractivity contribution in [3.8, 4) is 16.9 Å². The molecule has 4 nitrogen and oxygen atoms in total. The molecule has 0 radical (unpaired) electrons. The number of nitrogens with two attached hydrogens (primary N) is 1. The average Bonchev–Trinajstić information content (AvgIpc) is 2.54. The number of hydrogen-bond donors (Lipinski definition) is 2. The Morgan fingerprint density at radius 3 is 2.62 bits per heavy atom. The summed E-state index contributed by atoms with van der Waals surface area (Å²) in [5, 5.41) is 13.5. The molecule has 0 aliphatic heterocycles. The molecule has 16 heavy (non-hydrogen) atoms. The molecule has 2 rings (SSSR count). The molecule has 1 aromatic heterocycles. The van der Waals surface area contributed by atoms with Crippen LogP contribution >= 0.6 is 0 Å². The summed E-state index contributed by atoms with van der Waals surface area (Å²) in [6.07, 6.45) is 1.47. The highest BCUT2D eigenvalue weighted by molar-refractivity contribution is 5.75. The van der Waals surface area contributed by atoms with Gasteiger partial charge in [-0.1, -0.05) is 0 Å². The summed E-state index contributed by atoms with van der Waals surface area (Å²) in [6.45, 7) is 1.63. The summed E-state index contributed by atoms with van der Waals surface area (Å²) in [6, 6.07) is 2.63. The van der Waals surface area contributed by atoms with Crippen LogP contribution in [-0.4, -0.2) is 14.9 Å². The number of anilines is 1. The van der Waals surface area contributed by atoms with Crippen LogP contribution in [0.1, 0.15) is 5.56 Å². The summed E-state index contributed by atoms with van der Waals surface area (Å²) in [4.78, 5) is 0. The van der Waals surface area contributed by atoms with Crippen molar-refractivity contribution in [2.24, 2.45) is 7.05 Å². The number of phenols is 1. The number of aryl methyl sites for hydroxylation is 2. The molecule has 0 spiro atoms. The van der Waals surface area contributed by atoms with E-state index in [1.807, 2.05) is 0 Å². The standard InChI is InChI=1S/C11H12FN3O/c1-6-3-9(12)7(4-10(6)16)8-5-14-15(2)11(8)13/h3-5,16H,13H2,1-2H3. The van der Waals surface area contributed by atoms with Crippen LogP contribution in [0, 0.1) is 12.7 Å². The van der Waals surface area contributed by atoms with Gasteiger partial charge < -0.3 is 10.8 Å². The molecule has 3 N–H and O–H groups in total. The van der Waals surface area contributed by atoms with Crippen molar-refractivity contribution in [2.75, 3.05) is 5.73 Å². The molecule has 0 atom stereocenters. The van der Waals surface area contributed by atoms with E-state index in [1.54, 1.807) is 14.0 Å². The number of benzene rings is 1. The first-order chi connectivity index (χ1) is 7.50. The zero-order chi connectivity index (χ0) is 11.9. The van der Waals surface area contributed by atoms with Gasteiger partial charge in [0.1, 0.15) is 17.4 Å². The minimum atomic E-state index is -0.421. The lowest BCUT2D eigenvalue weighted by Gasteiger charge is -2.05. The van der Waals surface area contributed by atoms with Crippen LogP contribution in [0.3, 0.4) is 0 Å². The van der Waals surface area contributed by atoms with Crippen LogP contribution < -0.4 is 5.73 Å². The third kappa shape index (κ3) is 1.50. The molecule has 0 aliphatic rings. The van der Waals surface area contributed by atoms with Gasteiger partial charge in [-0.05, 0) is 24.6 Å². The van der Waals surface area contributed by atoms with Gasteiger partial charge in [-0.2, -0.15) is 5.10 Å². The van der Waals surface area contributed by atoms with Crippen LogP contribution in [0.4, 0.5) is 10.2 Å². The molecule has 0 saturated carbocycles. The first-order valence-corrected chi connectivity index (χ1v) is 4.77. The molecule has 0 aliphatic carbocycles. The van der Waals surface area contributed by atoms with Gasteiger partial charge in [0.25, 0.3) is 0 Å². The number of rotatable bonds is 1. The quantitative estimate of drug-likeness (QED) is 0.772. The third-order valence-corrected chi connectivity index (χ3v) is 2.56. The lowest BCUT2D eigenvalue weighted by Crippen LogP contribution is -1.98. The van der Waals surface area contributed by atoms with E-state index in [9.17, 15) is 9.50 Å². The van der Waals surface area contributed by atoms with Gasteiger partial charge in [0.15, 0.2) is 0 Å². The fraction of sp³-hybridized carbons (Fsp3) is 0.182. The summed E-state index contributed by atoms with van der Waals surface area (Å²) < 4.78 is 15.2. The second-order valence-corrected chi connectivity index (χ2v) is 3.69. The predicted molar refractivity (Wildman–Crippen MR) is 59.4 cm³/mol. The Balaban J connectivity index is 2.65. The molecule has 1 heterocycles. The lowest BCUT2D eigenvalue weighted by molar-refractivity contribution is 0.469. The van der Waals surface area contributed by atoms with Gasteiger partial charge in [0.2, 0.25) is 0 Å². The van der Waals surface area contributed by atoms with E-state index >= 15 is 0 Å². The summed E-state index contributed by atoms with van der Waals surface area (Å²) in [5.74, 6) is -0.0168. The normalized spacial score (nSPS) is 10.7. The molecule has 0 unspecified atom stereocenters. The third-order valence-electron chi connectivity index (χ3n) is 2.56. The highest BCUT2D eigenvalue weighted by Crippen LogP contribution is 2.32. The van der Waals surface area contributed by atoms with Crippen LogP contribution in [-0.2, 0) is 7.05 Å². The minimum absolute atomic E-state index is 0.0413. The van der Waals surface area contributed by atoms with E-state index in [0.717, 1.165) is 0 Å². The fourth-order valence-electron chi connectivity index (χ4n) is 1.52. The average molecular weight is 221 g/mol. The van der Waals surface area contributed by atoms with E-state index < -0.39 is 5.82 Å². The van der Waals surface area contributed by atoms with Crippen molar-refractivity contribution in [1.82, 2.24) is 9.78 Å². The Hall–Kier alpha value is -2.04. The van der Waals surface area contributed by atoms with E-state index in [1.165, 1.54) is 23.0 Å². The second kappa shape index (κ2) is 3.52. The second-order valence-electron chi connectivity index (χ2n) is 3.69. The van der Waals surface area contributed by atoms with Crippen molar-refractivity contribution in [3.63, 3.8) is 0 Å². The number of hydrogen-bond acceptors (Lipinski definition) is 3. The predicted octanol–water partition coefficient (Wildman–Crippen LogP) is 1.82. The van der Waals surface area contributed by atoms with Crippen LogP contribution in [0.5, 0.6) is 5.75 Å². The largest absolute Gasteiger partial charge is 0.508 e. The van der Waals surface area contributed by atoms with Crippen molar-refractivity contribution < 1.29 is 9.50 Å². The Morgan fingerprint density at radius 2 is 2.06 bits per heavy atom. The van der Waals surface area contributed by atoms with E-state index in [2.05, 4.69) is 5.10 Å². The molecular formula is C11H12FN3O. The van der Waals surface area contributed by atoms with E-state index in [0.29, 0.717) is 16.9 Å². The Kier molecular flexibility index (Phi) is 2.30. The Labute approximate surface area is 92.1 Å². The van der Waals surface area contributed by atoms with Crippen molar-refractivity contribution in [1.29, 1.82) is 0 Å². The number of aromatic hydroxyl groups is 1. The molecule has 0 fully saturated rings. The first kappa shape index (κ1) is 10.5. The minimum Gasteiger partial charge on any atom is -0.508 e. The number of halogens is 1. The van der Waals surface area contributed by atoms with E-state index in [4.69, 9.17) is 5.73 Å². The van der Waals surface area contributed by atoms with Crippen LogP contribution in [0.25, 0.3) is 11.1 Å². The van der Waals surface area contributed by atoms with Gasteiger partial charge in [0.05, 0.1) is 6.20 Å². The molecule has 0 bridgehead atoms. The maximum absolute atomic E-state index is 13.7. The molecule has 0 saturated heterocycles. The molecular weight excluding hydrogens is 209 g/mol. The van der Waals surface area contributed by atoms with Gasteiger partial charge in [-0.15, -0.1) is 0 Å². The highest BCUT2D eigenvalue weighted by atomic mass is 19.1. The number of phenolic OH excluding ortho intramolecular Hbond substituents is 1. The van der Waals surface area contributed by atoms with E-state index in [-0.39, 0.29) is 11.3 Å². The molecule has 2 aromatic rings. The van der Waals surface area contributed by atoms with Gasteiger partial charge in [-0.25, -0.2) is 4.39 Å². The Morgan fingerprint density at radius 1 is 1.38 bits per heavy atom. The summed E-state index contributed by atoms with van der Waals surface area (Å²) in [5.41, 5.74) is 6.97. The van der Waals surface area contributed by atoms with Gasteiger partial charge in [-0.3, -0.25) is 4.68 Å². The molecule has 1 aromatic carbocycles. The highest BCUT2D eigenvalue weighted by Gasteiger charge is 2.14. The maximum atomic E-state index is 13.7. The zero-order valence-electron chi connectivity index (χ0n) is 9.03. The maximum Gasteiger partial charge on any atom is 0.131 e. The first-order valence-electron chi connectivity index (χ1n) is 4.77.